The summed E-state index contributed by atoms with van der Waals surface area (Å²) in [4.78, 5) is 28.2. The standard InChI is InChI=1S/C18H18N2O4/c21-16(11-24-14-5-2-1-3-6-14)19-12-18(13-19)8-9-20(18)17(22)15-7-4-10-23-15/h1-7,10H,8-9,11-13H2. The Labute approximate surface area is 139 Å². The van der Waals surface area contributed by atoms with E-state index in [0.717, 1.165) is 6.42 Å². The van der Waals surface area contributed by atoms with E-state index in [4.69, 9.17) is 9.15 Å². The first-order valence-corrected chi connectivity index (χ1v) is 7.99. The minimum atomic E-state index is -0.216. The van der Waals surface area contributed by atoms with Gasteiger partial charge in [0.25, 0.3) is 11.8 Å². The van der Waals surface area contributed by atoms with Crippen molar-refractivity contribution in [1.29, 1.82) is 0 Å². The van der Waals surface area contributed by atoms with Crippen molar-refractivity contribution in [3.63, 3.8) is 0 Å². The van der Waals surface area contributed by atoms with Crippen molar-refractivity contribution in [2.75, 3.05) is 26.2 Å². The van der Waals surface area contributed by atoms with Gasteiger partial charge in [-0.25, -0.2) is 0 Å². The Balaban J connectivity index is 1.31. The van der Waals surface area contributed by atoms with E-state index in [0.29, 0.717) is 31.1 Å². The van der Waals surface area contributed by atoms with Crippen LogP contribution in [0.5, 0.6) is 5.75 Å². The topological polar surface area (TPSA) is 63.0 Å². The van der Waals surface area contributed by atoms with Crippen LogP contribution in [0.3, 0.4) is 0 Å². The van der Waals surface area contributed by atoms with Crippen LogP contribution < -0.4 is 4.74 Å². The van der Waals surface area contributed by atoms with E-state index in [-0.39, 0.29) is 24.0 Å². The fourth-order valence-corrected chi connectivity index (χ4v) is 3.31. The average Bonchev–Trinajstić information content (AvgIpc) is 3.06. The zero-order chi connectivity index (χ0) is 16.6. The Bertz CT molecular complexity index is 736. The van der Waals surface area contributed by atoms with E-state index in [9.17, 15) is 9.59 Å². The van der Waals surface area contributed by atoms with Gasteiger partial charge in [0.2, 0.25) is 0 Å². The summed E-state index contributed by atoms with van der Waals surface area (Å²) in [5.41, 5.74) is -0.216. The molecule has 2 aliphatic heterocycles. The molecule has 0 bridgehead atoms. The average molecular weight is 326 g/mol. The van der Waals surface area contributed by atoms with Gasteiger partial charge in [0.1, 0.15) is 5.75 Å². The number of hydrogen-bond acceptors (Lipinski definition) is 4. The number of benzene rings is 1. The van der Waals surface area contributed by atoms with Gasteiger partial charge in [-0.3, -0.25) is 9.59 Å². The Morgan fingerprint density at radius 2 is 1.92 bits per heavy atom. The molecule has 1 aromatic carbocycles. The SMILES string of the molecule is O=C(COc1ccccc1)N1CC2(CCN2C(=O)c2ccco2)C1. The quantitative estimate of drug-likeness (QED) is 0.859. The van der Waals surface area contributed by atoms with Crippen LogP contribution in [0.4, 0.5) is 0 Å². The molecule has 0 unspecified atom stereocenters. The Morgan fingerprint density at radius 3 is 2.54 bits per heavy atom. The number of carbonyl (C=O) groups is 2. The second-order valence-corrected chi connectivity index (χ2v) is 6.26. The Morgan fingerprint density at radius 1 is 1.12 bits per heavy atom. The fourth-order valence-electron chi connectivity index (χ4n) is 3.31. The summed E-state index contributed by atoms with van der Waals surface area (Å²) < 4.78 is 10.7. The van der Waals surface area contributed by atoms with E-state index < -0.39 is 0 Å². The molecule has 2 saturated heterocycles. The number of likely N-dealkylation sites (tertiary alicyclic amines) is 2. The van der Waals surface area contributed by atoms with Crippen LogP contribution >= 0.6 is 0 Å². The Hall–Kier alpha value is -2.76. The smallest absolute Gasteiger partial charge is 0.290 e. The molecule has 4 rings (SSSR count). The fraction of sp³-hybridized carbons (Fsp3) is 0.333. The first-order valence-electron chi connectivity index (χ1n) is 7.99. The summed E-state index contributed by atoms with van der Waals surface area (Å²) in [6.45, 7) is 1.86. The molecule has 2 aromatic rings. The van der Waals surface area contributed by atoms with E-state index in [1.165, 1.54) is 6.26 Å². The number of amides is 2. The minimum absolute atomic E-state index is 0.0201. The molecular weight excluding hydrogens is 308 g/mol. The van der Waals surface area contributed by atoms with Crippen LogP contribution in [0.25, 0.3) is 0 Å². The van der Waals surface area contributed by atoms with Gasteiger partial charge in [-0.2, -0.15) is 0 Å². The van der Waals surface area contributed by atoms with Gasteiger partial charge in [-0.1, -0.05) is 18.2 Å². The third-order valence-corrected chi connectivity index (χ3v) is 4.78. The number of carbonyl (C=O) groups excluding carboxylic acids is 2. The van der Waals surface area contributed by atoms with Crippen LogP contribution in [0.2, 0.25) is 0 Å². The monoisotopic (exact) mass is 326 g/mol. The number of rotatable bonds is 4. The predicted octanol–water partition coefficient (Wildman–Crippen LogP) is 1.79. The molecule has 0 N–H and O–H groups in total. The van der Waals surface area contributed by atoms with Crippen molar-refractivity contribution in [3.8, 4) is 5.75 Å². The first kappa shape index (κ1) is 14.8. The summed E-state index contributed by atoms with van der Waals surface area (Å²) in [5, 5.41) is 0. The Kier molecular flexibility index (Phi) is 3.52. The van der Waals surface area contributed by atoms with Gasteiger partial charge in [-0.15, -0.1) is 0 Å². The van der Waals surface area contributed by atoms with Crippen molar-refractivity contribution in [3.05, 3.63) is 54.5 Å². The third-order valence-electron chi connectivity index (χ3n) is 4.78. The predicted molar refractivity (Wildman–Crippen MR) is 85.6 cm³/mol. The summed E-state index contributed by atoms with van der Waals surface area (Å²) >= 11 is 0. The van der Waals surface area contributed by atoms with Crippen molar-refractivity contribution < 1.29 is 18.7 Å². The van der Waals surface area contributed by atoms with Crippen LogP contribution in [-0.4, -0.2) is 53.4 Å². The highest BCUT2D eigenvalue weighted by Crippen LogP contribution is 2.40. The van der Waals surface area contributed by atoms with Gasteiger partial charge in [-0.05, 0) is 30.7 Å². The second-order valence-electron chi connectivity index (χ2n) is 6.26. The molecule has 3 heterocycles. The molecule has 0 saturated carbocycles. The maximum absolute atomic E-state index is 12.4. The van der Waals surface area contributed by atoms with Crippen molar-refractivity contribution in [1.82, 2.24) is 9.80 Å². The van der Waals surface area contributed by atoms with Crippen LogP contribution in [0, 0.1) is 0 Å². The molecule has 1 spiro atoms. The molecule has 0 radical (unpaired) electrons. The largest absolute Gasteiger partial charge is 0.484 e. The molecule has 6 heteroatoms. The van der Waals surface area contributed by atoms with E-state index >= 15 is 0 Å². The van der Waals surface area contributed by atoms with Gasteiger partial charge in [0, 0.05) is 19.6 Å². The number of ether oxygens (including phenoxy) is 1. The molecule has 2 aliphatic rings. The molecule has 0 aliphatic carbocycles. The number of furan rings is 1. The summed E-state index contributed by atoms with van der Waals surface area (Å²) in [5.74, 6) is 0.881. The van der Waals surface area contributed by atoms with Crippen molar-refractivity contribution in [2.45, 2.75) is 12.0 Å². The molecule has 6 nitrogen and oxygen atoms in total. The van der Waals surface area contributed by atoms with E-state index in [2.05, 4.69) is 0 Å². The van der Waals surface area contributed by atoms with Crippen molar-refractivity contribution >= 4 is 11.8 Å². The molecule has 1 aromatic heterocycles. The van der Waals surface area contributed by atoms with Gasteiger partial charge in [0.15, 0.2) is 12.4 Å². The van der Waals surface area contributed by atoms with E-state index in [1.807, 2.05) is 35.2 Å². The summed E-state index contributed by atoms with van der Waals surface area (Å²) in [6, 6.07) is 12.6. The lowest BCUT2D eigenvalue weighted by molar-refractivity contribution is -0.156. The number of para-hydroxylation sites is 1. The highest BCUT2D eigenvalue weighted by Gasteiger charge is 2.56. The minimum Gasteiger partial charge on any atom is -0.484 e. The normalized spacial score (nSPS) is 18.0. The molecule has 0 atom stereocenters. The van der Waals surface area contributed by atoms with Gasteiger partial charge >= 0.3 is 0 Å². The lowest BCUT2D eigenvalue weighted by Crippen LogP contribution is -2.78. The third kappa shape index (κ3) is 2.44. The highest BCUT2D eigenvalue weighted by molar-refractivity contribution is 5.93. The number of hydrogen-bond donors (Lipinski definition) is 0. The summed E-state index contributed by atoms with van der Waals surface area (Å²) in [6.07, 6.45) is 2.42. The molecule has 2 amide bonds. The molecule has 124 valence electrons. The molecular formula is C18H18N2O4. The van der Waals surface area contributed by atoms with Gasteiger partial charge in [0.05, 0.1) is 11.8 Å². The van der Waals surface area contributed by atoms with Crippen LogP contribution in [0.15, 0.2) is 53.1 Å². The van der Waals surface area contributed by atoms with Crippen LogP contribution in [-0.2, 0) is 4.79 Å². The maximum Gasteiger partial charge on any atom is 0.290 e. The lowest BCUT2D eigenvalue weighted by atomic mass is 9.77. The van der Waals surface area contributed by atoms with Crippen LogP contribution in [0.1, 0.15) is 17.0 Å². The summed E-state index contributed by atoms with van der Waals surface area (Å²) in [7, 11) is 0. The number of nitrogens with zero attached hydrogens (tertiary/aromatic N) is 2. The van der Waals surface area contributed by atoms with E-state index in [1.54, 1.807) is 17.0 Å². The molecule has 2 fully saturated rings. The lowest BCUT2D eigenvalue weighted by Gasteiger charge is -2.62. The highest BCUT2D eigenvalue weighted by atomic mass is 16.5. The second kappa shape index (κ2) is 5.70. The maximum atomic E-state index is 12.4. The first-order chi connectivity index (χ1) is 11.7. The van der Waals surface area contributed by atoms with Crippen molar-refractivity contribution in [2.24, 2.45) is 0 Å². The zero-order valence-corrected chi connectivity index (χ0v) is 13.2. The zero-order valence-electron chi connectivity index (χ0n) is 13.2. The van der Waals surface area contributed by atoms with Gasteiger partial charge < -0.3 is 19.0 Å². The molecule has 24 heavy (non-hydrogen) atoms.